The minimum absolute atomic E-state index is 0.0152. The Bertz CT molecular complexity index is 1720. The topological polar surface area (TPSA) is 119 Å². The van der Waals surface area contributed by atoms with Crippen LogP contribution in [-0.2, 0) is 32.4 Å². The predicted octanol–water partition coefficient (Wildman–Crippen LogP) is 6.17. The second kappa shape index (κ2) is 14.6. The van der Waals surface area contributed by atoms with Gasteiger partial charge in [-0.05, 0) is 97.7 Å². The number of benzene rings is 2. The molecule has 2 aliphatic carbocycles. The van der Waals surface area contributed by atoms with Crippen LogP contribution in [0.4, 0.5) is 10.5 Å². The summed E-state index contributed by atoms with van der Waals surface area (Å²) >= 11 is 6.46. The van der Waals surface area contributed by atoms with Gasteiger partial charge in [-0.2, -0.15) is 0 Å². The molecule has 2 N–H and O–H groups in total. The van der Waals surface area contributed by atoms with Gasteiger partial charge in [0.15, 0.2) is 0 Å². The fraction of sp³-hybridized carbons (Fsp3) is 0.568. The summed E-state index contributed by atoms with van der Waals surface area (Å²) in [5, 5.41) is 3.66. The summed E-state index contributed by atoms with van der Waals surface area (Å²) in [4.78, 5) is 29.4. The molecule has 8 atom stereocenters. The van der Waals surface area contributed by atoms with Crippen molar-refractivity contribution in [1.29, 1.82) is 0 Å². The summed E-state index contributed by atoms with van der Waals surface area (Å²) < 4.78 is 39.2. The van der Waals surface area contributed by atoms with Crippen molar-refractivity contribution >= 4 is 39.1 Å². The van der Waals surface area contributed by atoms with Crippen molar-refractivity contribution in [3.8, 4) is 5.75 Å². The summed E-state index contributed by atoms with van der Waals surface area (Å²) in [6, 6.07) is 10.8. The quantitative estimate of drug-likeness (QED) is 0.366. The van der Waals surface area contributed by atoms with Crippen LogP contribution in [0.15, 0.2) is 52.9 Å². The number of amides is 3. The lowest BCUT2D eigenvalue weighted by Gasteiger charge is -2.43. The van der Waals surface area contributed by atoms with Crippen molar-refractivity contribution in [3.63, 3.8) is 0 Å². The van der Waals surface area contributed by atoms with E-state index in [2.05, 4.69) is 43.6 Å². The predicted molar refractivity (Wildman–Crippen MR) is 190 cm³/mol. The van der Waals surface area contributed by atoms with Gasteiger partial charge in [0.1, 0.15) is 15.7 Å². The lowest BCUT2D eigenvalue weighted by Crippen LogP contribution is -2.44. The number of carbonyl (C=O) groups is 2. The molecule has 0 spiro atoms. The Morgan fingerprint density at radius 3 is 2.69 bits per heavy atom. The highest BCUT2D eigenvalue weighted by Crippen LogP contribution is 2.44. The molecule has 264 valence electrons. The van der Waals surface area contributed by atoms with Gasteiger partial charge in [-0.1, -0.05) is 36.7 Å². The van der Waals surface area contributed by atoms with Crippen molar-refractivity contribution < 1.29 is 28.0 Å². The second-order valence-electron chi connectivity index (χ2n) is 14.4. The number of fused-ring (bicyclic) bond motifs is 4. The lowest BCUT2D eigenvalue weighted by atomic mass is 9.70. The van der Waals surface area contributed by atoms with E-state index in [9.17, 15) is 13.8 Å². The number of anilines is 1. The number of nitrogens with one attached hydrogen (secondary N) is 2. The number of methoxy groups -OCH3 is 1. The zero-order chi connectivity index (χ0) is 34.1. The van der Waals surface area contributed by atoms with Crippen LogP contribution in [0, 0.1) is 29.6 Å². The number of urea groups is 1. The average Bonchev–Trinajstić information content (AvgIpc) is 3.44. The van der Waals surface area contributed by atoms with Crippen molar-refractivity contribution in [2.45, 2.75) is 64.1 Å². The first-order valence-electron chi connectivity index (χ1n) is 17.6. The highest BCUT2D eigenvalue weighted by Gasteiger charge is 2.55. The third-order valence-corrected chi connectivity index (χ3v) is 13.1. The minimum Gasteiger partial charge on any atom is -0.491 e. The molecule has 2 bridgehead atoms. The maximum atomic E-state index is 14.4. The Balaban J connectivity index is 1.27. The van der Waals surface area contributed by atoms with Gasteiger partial charge >= 0.3 is 6.03 Å². The molecule has 3 amide bonds. The Morgan fingerprint density at radius 2 is 1.92 bits per heavy atom. The van der Waals surface area contributed by atoms with E-state index in [1.807, 2.05) is 25.1 Å². The number of hydrogen-bond donors (Lipinski definition) is 2. The van der Waals surface area contributed by atoms with Gasteiger partial charge in [-0.15, -0.1) is 4.36 Å². The first-order valence-corrected chi connectivity index (χ1v) is 19.7. The molecule has 3 fully saturated rings. The first kappa shape index (κ1) is 34.3. The standard InChI is InChI=1S/C37H47ClN4O6S/c1-23-6-5-8-33(46-2)29-13-10-27(29)19-42-18-26-9-12-28(38)16-24(26)7-3-4-15-48-34-14-11-25(17-32(34)42)36(43)40-49(45,22-23)41-37(44)39-35-30-20-47-21-31(30)35/h5,8-9,11-12,14,16-17,23,27,29-31,33,35H,3-4,6-7,10,13,15,18-22H2,1-2H3,(H2,39,40,41,43,44,45)/b8-5+/t23-,27-,29+,30-,31+,33-,35-,49?/m0/s1. The van der Waals surface area contributed by atoms with Gasteiger partial charge in [-0.25, -0.2) is 9.00 Å². The fourth-order valence-electron chi connectivity index (χ4n) is 7.95. The largest absolute Gasteiger partial charge is 0.491 e. The van der Waals surface area contributed by atoms with E-state index in [-0.39, 0.29) is 35.7 Å². The number of hydrogen-bond acceptors (Lipinski definition) is 7. The molecule has 49 heavy (non-hydrogen) atoms. The fourth-order valence-corrected chi connectivity index (χ4v) is 9.98. The molecule has 7 rings (SSSR count). The summed E-state index contributed by atoms with van der Waals surface area (Å²) in [7, 11) is -1.72. The van der Waals surface area contributed by atoms with Gasteiger partial charge in [0.05, 0.1) is 37.4 Å². The van der Waals surface area contributed by atoms with Crippen molar-refractivity contribution in [3.05, 3.63) is 70.3 Å². The van der Waals surface area contributed by atoms with Crippen LogP contribution >= 0.6 is 11.6 Å². The zero-order valence-corrected chi connectivity index (χ0v) is 29.8. The summed E-state index contributed by atoms with van der Waals surface area (Å²) in [6.45, 7) is 5.08. The van der Waals surface area contributed by atoms with E-state index in [1.54, 1.807) is 13.2 Å². The molecular weight excluding hydrogens is 664 g/mol. The van der Waals surface area contributed by atoms with Gasteiger partial charge in [0.25, 0.3) is 5.91 Å². The number of halogens is 1. The third-order valence-electron chi connectivity index (χ3n) is 10.9. The van der Waals surface area contributed by atoms with Crippen molar-refractivity contribution in [2.24, 2.45) is 34.0 Å². The number of aryl methyl sites for hydroxylation is 1. The highest BCUT2D eigenvalue weighted by molar-refractivity contribution is 7.92. The molecule has 2 aromatic rings. The molecule has 1 unspecified atom stereocenters. The van der Waals surface area contributed by atoms with E-state index in [0.717, 1.165) is 49.4 Å². The molecular formula is C37H47ClN4O6S. The zero-order valence-electron chi connectivity index (χ0n) is 28.3. The van der Waals surface area contributed by atoms with Crippen molar-refractivity contribution in [1.82, 2.24) is 10.0 Å². The van der Waals surface area contributed by atoms with E-state index in [1.165, 1.54) is 11.1 Å². The maximum Gasteiger partial charge on any atom is 0.327 e. The number of rotatable bonds is 3. The molecule has 3 heterocycles. The first-order chi connectivity index (χ1) is 23.7. The SMILES string of the molecule is CO[C@H]1/C=C/C[C@H](C)CS(=O)(NC(=O)N[C@@H]2[C@@H]3COC[C@@H]32)=NC(=O)c2ccc3c(c2)N(Cc2ccc(Cl)cc2CCCCO3)C[C@@H]2CC[C@H]21. The Morgan fingerprint density at radius 1 is 1.08 bits per heavy atom. The number of allylic oxidation sites excluding steroid dienone is 1. The van der Waals surface area contributed by atoms with Crippen LogP contribution in [0.25, 0.3) is 0 Å². The lowest BCUT2D eigenvalue weighted by molar-refractivity contribution is 0.0133. The number of ether oxygens (including phenoxy) is 3. The summed E-state index contributed by atoms with van der Waals surface area (Å²) in [5.74, 6) is 1.23. The van der Waals surface area contributed by atoms with Crippen molar-refractivity contribution in [2.75, 3.05) is 44.1 Å². The normalized spacial score (nSPS) is 33.6. The van der Waals surface area contributed by atoms with E-state index < -0.39 is 21.9 Å². The van der Waals surface area contributed by atoms with Gasteiger partial charge in [0.2, 0.25) is 0 Å². The van der Waals surface area contributed by atoms with Gasteiger partial charge in [0, 0.05) is 48.7 Å². The minimum atomic E-state index is -3.48. The monoisotopic (exact) mass is 710 g/mol. The van der Waals surface area contributed by atoms with E-state index in [4.69, 9.17) is 25.8 Å². The Hall–Kier alpha value is -3.12. The third kappa shape index (κ3) is 7.80. The van der Waals surface area contributed by atoms with Gasteiger partial charge in [-0.3, -0.25) is 9.52 Å². The molecule has 2 saturated carbocycles. The molecule has 10 nitrogen and oxygen atoms in total. The molecule has 5 aliphatic rings. The maximum absolute atomic E-state index is 14.4. The van der Waals surface area contributed by atoms with E-state index in [0.29, 0.717) is 55.9 Å². The van der Waals surface area contributed by atoms with Crippen LogP contribution < -0.4 is 19.7 Å². The number of carbonyl (C=O) groups excluding carboxylic acids is 2. The average molecular weight is 711 g/mol. The van der Waals surface area contributed by atoms with Crippen LogP contribution in [0.2, 0.25) is 5.02 Å². The molecule has 12 heteroatoms. The number of nitrogens with zero attached hydrogens (tertiary/aromatic N) is 2. The second-order valence-corrected chi connectivity index (χ2v) is 16.9. The molecule has 3 aliphatic heterocycles. The highest BCUT2D eigenvalue weighted by atomic mass is 35.5. The molecule has 0 aromatic heterocycles. The smallest absolute Gasteiger partial charge is 0.327 e. The van der Waals surface area contributed by atoms with Crippen LogP contribution in [-0.4, -0.2) is 67.5 Å². The molecule has 1 saturated heterocycles. The molecule has 2 aromatic carbocycles. The van der Waals surface area contributed by atoms with Gasteiger partial charge < -0.3 is 24.4 Å². The van der Waals surface area contributed by atoms with E-state index >= 15 is 0 Å². The summed E-state index contributed by atoms with van der Waals surface area (Å²) in [6.07, 6.45) is 9.62. The Kier molecular flexibility index (Phi) is 10.2. The van der Waals surface area contributed by atoms with Crippen LogP contribution in [0.1, 0.15) is 60.5 Å². The van der Waals surface area contributed by atoms with Crippen LogP contribution in [0.3, 0.4) is 0 Å². The Labute approximate surface area is 294 Å². The molecule has 0 radical (unpaired) electrons. The summed E-state index contributed by atoms with van der Waals surface area (Å²) in [5.41, 5.74) is 3.49. The van der Waals surface area contributed by atoms with Crippen LogP contribution in [0.5, 0.6) is 5.75 Å².